The third-order valence-electron chi connectivity index (χ3n) is 6.00. The zero-order chi connectivity index (χ0) is 20.9. The first-order valence-corrected chi connectivity index (χ1v) is 10.7. The lowest BCUT2D eigenvalue weighted by Gasteiger charge is -2.37. The van der Waals surface area contributed by atoms with Crippen LogP contribution in [0.2, 0.25) is 0 Å². The first kappa shape index (κ1) is 20.4. The van der Waals surface area contributed by atoms with E-state index in [0.717, 1.165) is 50.7 Å². The molecule has 1 unspecified atom stereocenters. The molecule has 156 valence electrons. The van der Waals surface area contributed by atoms with Gasteiger partial charge in [0.25, 0.3) is 5.91 Å². The summed E-state index contributed by atoms with van der Waals surface area (Å²) in [6.45, 7) is 2.92. The van der Waals surface area contributed by atoms with Gasteiger partial charge < -0.3 is 14.2 Å². The van der Waals surface area contributed by atoms with Gasteiger partial charge in [-0.1, -0.05) is 48.5 Å². The number of piperidine rings is 1. The molecule has 1 aromatic heterocycles. The van der Waals surface area contributed by atoms with Crippen LogP contribution in [0.3, 0.4) is 0 Å². The number of hydrogen-bond donors (Lipinski definition) is 0. The molecule has 1 aliphatic rings. The van der Waals surface area contributed by atoms with Crippen LogP contribution in [-0.4, -0.2) is 48.4 Å². The zero-order valence-corrected chi connectivity index (χ0v) is 17.4. The molecule has 1 fully saturated rings. The molecule has 5 nitrogen and oxygen atoms in total. The summed E-state index contributed by atoms with van der Waals surface area (Å²) in [4.78, 5) is 29.6. The summed E-state index contributed by atoms with van der Waals surface area (Å²) in [5.41, 5.74) is 1.41. The van der Waals surface area contributed by atoms with Crippen molar-refractivity contribution in [3.63, 3.8) is 0 Å². The predicted molar refractivity (Wildman–Crippen MR) is 119 cm³/mol. The van der Waals surface area contributed by atoms with E-state index in [2.05, 4.69) is 29.2 Å². The molecule has 0 saturated carbocycles. The summed E-state index contributed by atoms with van der Waals surface area (Å²) in [6.07, 6.45) is 4.17. The number of aryl methyl sites for hydroxylation is 1. The molecule has 1 atom stereocenters. The highest BCUT2D eigenvalue weighted by molar-refractivity contribution is 5.96. The van der Waals surface area contributed by atoms with Crippen molar-refractivity contribution in [2.24, 2.45) is 0 Å². The van der Waals surface area contributed by atoms with Crippen molar-refractivity contribution < 1.29 is 9.21 Å². The zero-order valence-electron chi connectivity index (χ0n) is 17.4. The van der Waals surface area contributed by atoms with Gasteiger partial charge in [0, 0.05) is 25.0 Å². The van der Waals surface area contributed by atoms with Crippen LogP contribution < -0.4 is 5.63 Å². The maximum atomic E-state index is 13.1. The molecular weight excluding hydrogens is 376 g/mol. The molecule has 0 spiro atoms. The first-order chi connectivity index (χ1) is 14.6. The van der Waals surface area contributed by atoms with Gasteiger partial charge in [0.05, 0.1) is 0 Å². The third kappa shape index (κ3) is 4.62. The molecule has 1 saturated heterocycles. The third-order valence-corrected chi connectivity index (χ3v) is 6.00. The van der Waals surface area contributed by atoms with E-state index in [0.29, 0.717) is 5.58 Å². The van der Waals surface area contributed by atoms with Gasteiger partial charge >= 0.3 is 5.63 Å². The Balaban J connectivity index is 1.39. The van der Waals surface area contributed by atoms with E-state index in [-0.39, 0.29) is 17.5 Å². The Bertz CT molecular complexity index is 1060. The summed E-state index contributed by atoms with van der Waals surface area (Å²) in [5, 5.41) is 0.764. The SMILES string of the molecule is CN(C(=O)c1cc2ccccc2oc1=O)C1CCCN(CCCc2ccccc2)C1. The van der Waals surface area contributed by atoms with Crippen LogP contribution in [0.25, 0.3) is 11.0 Å². The van der Waals surface area contributed by atoms with Crippen molar-refractivity contribution >= 4 is 16.9 Å². The minimum atomic E-state index is -0.568. The Labute approximate surface area is 176 Å². The Hall–Kier alpha value is -2.92. The van der Waals surface area contributed by atoms with Gasteiger partial charge in [-0.3, -0.25) is 4.79 Å². The van der Waals surface area contributed by atoms with Crippen LogP contribution in [-0.2, 0) is 6.42 Å². The van der Waals surface area contributed by atoms with E-state index in [4.69, 9.17) is 4.42 Å². The number of rotatable bonds is 6. The minimum absolute atomic E-state index is 0.105. The van der Waals surface area contributed by atoms with E-state index >= 15 is 0 Å². The van der Waals surface area contributed by atoms with Crippen LogP contribution in [0, 0.1) is 0 Å². The lowest BCUT2D eigenvalue weighted by atomic mass is 10.0. The summed E-state index contributed by atoms with van der Waals surface area (Å²) in [7, 11) is 1.80. The monoisotopic (exact) mass is 404 g/mol. The first-order valence-electron chi connectivity index (χ1n) is 10.7. The lowest BCUT2D eigenvalue weighted by molar-refractivity contribution is 0.0613. The van der Waals surface area contributed by atoms with Crippen molar-refractivity contribution in [1.82, 2.24) is 9.80 Å². The fourth-order valence-corrected chi connectivity index (χ4v) is 4.27. The second-order valence-electron chi connectivity index (χ2n) is 8.09. The van der Waals surface area contributed by atoms with Crippen LogP contribution in [0.4, 0.5) is 0 Å². The number of fused-ring (bicyclic) bond motifs is 1. The molecule has 0 N–H and O–H groups in total. The molecule has 1 amide bonds. The van der Waals surface area contributed by atoms with Gasteiger partial charge in [-0.2, -0.15) is 0 Å². The molecule has 5 heteroatoms. The normalized spacial score (nSPS) is 17.2. The highest BCUT2D eigenvalue weighted by Gasteiger charge is 2.28. The van der Waals surface area contributed by atoms with Crippen molar-refractivity contribution in [2.75, 3.05) is 26.7 Å². The second-order valence-corrected chi connectivity index (χ2v) is 8.09. The number of hydrogen-bond acceptors (Lipinski definition) is 4. The standard InChI is InChI=1S/C25H28N2O3/c1-26(24(28)22-17-20-12-5-6-14-23(20)30-25(22)29)21-13-8-16-27(18-21)15-7-11-19-9-3-2-4-10-19/h2-6,9-10,12,14,17,21H,7-8,11,13,15-16,18H2,1H3. The fraction of sp³-hybridized carbons (Fsp3) is 0.360. The van der Waals surface area contributed by atoms with Gasteiger partial charge in [-0.15, -0.1) is 0 Å². The van der Waals surface area contributed by atoms with Crippen LogP contribution >= 0.6 is 0 Å². The quantitative estimate of drug-likeness (QED) is 0.584. The average Bonchev–Trinajstić information content (AvgIpc) is 2.78. The molecule has 2 heterocycles. The molecule has 3 aromatic rings. The average molecular weight is 405 g/mol. The van der Waals surface area contributed by atoms with Crippen LogP contribution in [0.5, 0.6) is 0 Å². The summed E-state index contributed by atoms with van der Waals surface area (Å²) < 4.78 is 5.35. The molecular formula is C25H28N2O3. The van der Waals surface area contributed by atoms with Crippen molar-refractivity contribution in [3.8, 4) is 0 Å². The summed E-state index contributed by atoms with van der Waals surface area (Å²) in [5.74, 6) is -0.259. The highest BCUT2D eigenvalue weighted by Crippen LogP contribution is 2.19. The van der Waals surface area contributed by atoms with Gasteiger partial charge in [-0.25, -0.2) is 4.79 Å². The molecule has 0 radical (unpaired) electrons. The predicted octanol–water partition coefficient (Wildman–Crippen LogP) is 3.96. The largest absolute Gasteiger partial charge is 0.422 e. The summed E-state index contributed by atoms with van der Waals surface area (Å²) >= 11 is 0. The molecule has 30 heavy (non-hydrogen) atoms. The molecule has 4 rings (SSSR count). The van der Waals surface area contributed by atoms with E-state index in [1.807, 2.05) is 24.3 Å². The second kappa shape index (κ2) is 9.26. The fourth-order valence-electron chi connectivity index (χ4n) is 4.27. The number of para-hydroxylation sites is 1. The number of nitrogens with zero attached hydrogens (tertiary/aromatic N) is 2. The Morgan fingerprint density at radius 3 is 2.73 bits per heavy atom. The maximum Gasteiger partial charge on any atom is 0.349 e. The Kier molecular flexibility index (Phi) is 6.29. The van der Waals surface area contributed by atoms with Gasteiger partial charge in [-0.05, 0) is 56.5 Å². The highest BCUT2D eigenvalue weighted by atomic mass is 16.4. The van der Waals surface area contributed by atoms with Gasteiger partial charge in [0.1, 0.15) is 11.1 Å². The van der Waals surface area contributed by atoms with E-state index in [1.165, 1.54) is 5.56 Å². The van der Waals surface area contributed by atoms with E-state index in [1.54, 1.807) is 24.1 Å². The van der Waals surface area contributed by atoms with Gasteiger partial charge in [0.15, 0.2) is 0 Å². The number of amides is 1. The molecule has 0 bridgehead atoms. The summed E-state index contributed by atoms with van der Waals surface area (Å²) in [6, 6.07) is 19.6. The molecule has 2 aromatic carbocycles. The molecule has 0 aliphatic carbocycles. The molecule has 1 aliphatic heterocycles. The number of carbonyl (C=O) groups is 1. The van der Waals surface area contributed by atoms with Crippen molar-refractivity contribution in [1.29, 1.82) is 0 Å². The number of carbonyl (C=O) groups excluding carboxylic acids is 1. The minimum Gasteiger partial charge on any atom is -0.422 e. The van der Waals surface area contributed by atoms with E-state index in [9.17, 15) is 9.59 Å². The number of benzene rings is 2. The lowest BCUT2D eigenvalue weighted by Crippen LogP contribution is -2.49. The van der Waals surface area contributed by atoms with Crippen LogP contribution in [0.15, 0.2) is 69.9 Å². The van der Waals surface area contributed by atoms with Crippen molar-refractivity contribution in [3.05, 3.63) is 82.2 Å². The Morgan fingerprint density at radius 2 is 1.90 bits per heavy atom. The number of likely N-dealkylation sites (tertiary alicyclic amines) is 1. The topological polar surface area (TPSA) is 53.8 Å². The maximum absolute atomic E-state index is 13.1. The van der Waals surface area contributed by atoms with Crippen LogP contribution in [0.1, 0.15) is 35.2 Å². The van der Waals surface area contributed by atoms with Crippen molar-refractivity contribution in [2.45, 2.75) is 31.7 Å². The number of likely N-dealkylation sites (N-methyl/N-ethyl adjacent to an activating group) is 1. The Morgan fingerprint density at radius 1 is 1.13 bits per heavy atom. The van der Waals surface area contributed by atoms with Gasteiger partial charge in [0.2, 0.25) is 0 Å². The smallest absolute Gasteiger partial charge is 0.349 e. The van der Waals surface area contributed by atoms with E-state index < -0.39 is 5.63 Å².